The molecule has 0 amide bonds. The van der Waals surface area contributed by atoms with Crippen molar-refractivity contribution in [2.24, 2.45) is 0 Å². The second-order valence-electron chi connectivity index (χ2n) is 6.09. The van der Waals surface area contributed by atoms with Crippen LogP contribution in [0.1, 0.15) is 18.9 Å². The molecule has 128 valence electrons. The van der Waals surface area contributed by atoms with Gasteiger partial charge in [-0.3, -0.25) is 9.55 Å². The van der Waals surface area contributed by atoms with Gasteiger partial charge in [-0.2, -0.15) is 0 Å². The van der Waals surface area contributed by atoms with Gasteiger partial charge in [0.05, 0.1) is 5.52 Å². The van der Waals surface area contributed by atoms with Crippen LogP contribution in [0.3, 0.4) is 0 Å². The summed E-state index contributed by atoms with van der Waals surface area (Å²) in [7, 11) is 0. The number of pyridine rings is 1. The van der Waals surface area contributed by atoms with Gasteiger partial charge in [0.2, 0.25) is 0 Å². The van der Waals surface area contributed by atoms with Crippen LogP contribution >= 0.6 is 11.8 Å². The molecule has 6 nitrogen and oxygen atoms in total. The molecule has 0 spiro atoms. The van der Waals surface area contributed by atoms with Crippen LogP contribution in [0.4, 0.5) is 4.39 Å². The highest BCUT2D eigenvalue weighted by Crippen LogP contribution is 2.42. The zero-order chi connectivity index (χ0) is 17.5. The third-order valence-electron chi connectivity index (χ3n) is 4.25. The molecule has 1 aliphatic rings. The molecule has 0 aliphatic heterocycles. The summed E-state index contributed by atoms with van der Waals surface area (Å²) < 4.78 is 15.8. The summed E-state index contributed by atoms with van der Waals surface area (Å²) >= 11 is 1.39. The Hall–Kier alpha value is -2.87. The van der Waals surface area contributed by atoms with Gasteiger partial charge in [-0.25, -0.2) is 14.4 Å². The van der Waals surface area contributed by atoms with Gasteiger partial charge in [0.25, 0.3) is 0 Å². The molecule has 0 N–H and O–H groups in total. The lowest BCUT2D eigenvalue weighted by Crippen LogP contribution is -2.00. The number of rotatable bonds is 4. The van der Waals surface area contributed by atoms with E-state index in [9.17, 15) is 4.39 Å². The first-order valence-corrected chi connectivity index (χ1v) is 9.04. The number of hydrogen-bond donors (Lipinski definition) is 0. The van der Waals surface area contributed by atoms with Crippen molar-refractivity contribution in [1.29, 1.82) is 0 Å². The standard InChI is InChI=1S/C18H13FN6S/c19-12-3-6-15-14(8-12)17(22-10-21-15)26-18-24-23-16(25(18)13-4-5-13)11-2-1-7-20-9-11/h1-3,6-10,13H,4-5H2. The van der Waals surface area contributed by atoms with E-state index in [1.165, 1.54) is 30.2 Å². The van der Waals surface area contributed by atoms with Crippen molar-refractivity contribution < 1.29 is 4.39 Å². The monoisotopic (exact) mass is 364 g/mol. The minimum absolute atomic E-state index is 0.311. The molecule has 4 aromatic rings. The Morgan fingerprint density at radius 2 is 2.04 bits per heavy atom. The summed E-state index contributed by atoms with van der Waals surface area (Å²) in [5.74, 6) is 0.488. The molecule has 5 rings (SSSR count). The van der Waals surface area contributed by atoms with E-state index in [-0.39, 0.29) is 5.82 Å². The Kier molecular flexibility index (Phi) is 3.63. The van der Waals surface area contributed by atoms with Crippen LogP contribution in [0.5, 0.6) is 0 Å². The van der Waals surface area contributed by atoms with Crippen molar-refractivity contribution in [1.82, 2.24) is 29.7 Å². The highest BCUT2D eigenvalue weighted by molar-refractivity contribution is 7.99. The van der Waals surface area contributed by atoms with Crippen molar-refractivity contribution in [3.05, 3.63) is 54.9 Å². The average Bonchev–Trinajstić information content (AvgIpc) is 3.43. The fourth-order valence-corrected chi connectivity index (χ4v) is 3.84. The molecule has 1 saturated carbocycles. The summed E-state index contributed by atoms with van der Waals surface area (Å²) in [4.78, 5) is 12.7. The SMILES string of the molecule is Fc1ccc2ncnc(Sc3nnc(-c4cccnc4)n3C3CC3)c2c1. The molecule has 0 bridgehead atoms. The maximum absolute atomic E-state index is 13.7. The van der Waals surface area contributed by atoms with E-state index < -0.39 is 0 Å². The number of aromatic nitrogens is 6. The molecule has 8 heteroatoms. The average molecular weight is 364 g/mol. The fourth-order valence-electron chi connectivity index (χ4n) is 2.87. The highest BCUT2D eigenvalue weighted by atomic mass is 32.2. The largest absolute Gasteiger partial charge is 0.299 e. The quantitative estimate of drug-likeness (QED) is 0.512. The Morgan fingerprint density at radius 1 is 1.12 bits per heavy atom. The van der Waals surface area contributed by atoms with Crippen molar-refractivity contribution in [3.8, 4) is 11.4 Å². The third-order valence-corrected chi connectivity index (χ3v) is 5.22. The number of halogens is 1. The van der Waals surface area contributed by atoms with Crippen molar-refractivity contribution in [3.63, 3.8) is 0 Å². The van der Waals surface area contributed by atoms with Gasteiger partial charge >= 0.3 is 0 Å². The third kappa shape index (κ3) is 2.72. The normalized spacial score (nSPS) is 14.0. The first-order valence-electron chi connectivity index (χ1n) is 8.23. The van der Waals surface area contributed by atoms with Crippen LogP contribution in [0.2, 0.25) is 0 Å². The number of nitrogens with zero attached hydrogens (tertiary/aromatic N) is 6. The van der Waals surface area contributed by atoms with E-state index in [1.807, 2.05) is 12.1 Å². The molecule has 0 saturated heterocycles. The molecule has 0 radical (unpaired) electrons. The van der Waals surface area contributed by atoms with Gasteiger partial charge in [-0.15, -0.1) is 10.2 Å². The molecule has 0 atom stereocenters. The number of fused-ring (bicyclic) bond motifs is 1. The number of hydrogen-bond acceptors (Lipinski definition) is 6. The Bertz CT molecular complexity index is 1090. The second-order valence-corrected chi connectivity index (χ2v) is 7.05. The smallest absolute Gasteiger partial charge is 0.198 e. The molecule has 1 fully saturated rings. The van der Waals surface area contributed by atoms with Crippen LogP contribution in [0.15, 0.2) is 59.2 Å². The summed E-state index contributed by atoms with van der Waals surface area (Å²) in [5.41, 5.74) is 1.63. The minimum atomic E-state index is -0.311. The van der Waals surface area contributed by atoms with Gasteiger partial charge in [-0.1, -0.05) is 0 Å². The molecule has 1 aromatic carbocycles. The van der Waals surface area contributed by atoms with Gasteiger partial charge in [0.15, 0.2) is 11.0 Å². The maximum Gasteiger partial charge on any atom is 0.198 e. The van der Waals surface area contributed by atoms with Crippen molar-refractivity contribution >= 4 is 22.7 Å². The zero-order valence-electron chi connectivity index (χ0n) is 13.6. The lowest BCUT2D eigenvalue weighted by Gasteiger charge is -2.09. The van der Waals surface area contributed by atoms with Crippen LogP contribution in [0, 0.1) is 5.82 Å². The van der Waals surface area contributed by atoms with E-state index in [0.717, 1.165) is 29.4 Å². The number of benzene rings is 1. The van der Waals surface area contributed by atoms with E-state index in [4.69, 9.17) is 0 Å². The Balaban J connectivity index is 1.60. The molecule has 3 heterocycles. The predicted octanol–water partition coefficient (Wildman–Crippen LogP) is 3.91. The van der Waals surface area contributed by atoms with Crippen molar-refractivity contribution in [2.75, 3.05) is 0 Å². The highest BCUT2D eigenvalue weighted by Gasteiger charge is 2.30. The lowest BCUT2D eigenvalue weighted by molar-refractivity contribution is 0.629. The van der Waals surface area contributed by atoms with Gasteiger partial charge in [-0.05, 0) is 54.9 Å². The summed E-state index contributed by atoms with van der Waals surface area (Å²) in [6.45, 7) is 0. The molecule has 0 unspecified atom stereocenters. The molecular weight excluding hydrogens is 351 g/mol. The first kappa shape index (κ1) is 15.4. The maximum atomic E-state index is 13.7. The first-order chi connectivity index (χ1) is 12.8. The zero-order valence-corrected chi connectivity index (χ0v) is 14.4. The van der Waals surface area contributed by atoms with Gasteiger partial charge in [0.1, 0.15) is 17.2 Å². The van der Waals surface area contributed by atoms with Crippen molar-refractivity contribution in [2.45, 2.75) is 29.1 Å². The Labute approximate surface area is 152 Å². The Morgan fingerprint density at radius 3 is 2.85 bits per heavy atom. The predicted molar refractivity (Wildman–Crippen MR) is 95.1 cm³/mol. The second kappa shape index (κ2) is 6.14. The molecule has 26 heavy (non-hydrogen) atoms. The molecular formula is C18H13FN6S. The van der Waals surface area contributed by atoms with E-state index in [1.54, 1.807) is 18.5 Å². The summed E-state index contributed by atoms with van der Waals surface area (Å²) in [5, 5.41) is 10.8. The van der Waals surface area contributed by atoms with E-state index in [2.05, 4.69) is 29.7 Å². The van der Waals surface area contributed by atoms with Gasteiger partial charge < -0.3 is 0 Å². The van der Waals surface area contributed by atoms with Crippen LogP contribution < -0.4 is 0 Å². The van der Waals surface area contributed by atoms with Gasteiger partial charge in [0, 0.05) is 29.4 Å². The topological polar surface area (TPSA) is 69.4 Å². The molecule has 1 aliphatic carbocycles. The van der Waals surface area contributed by atoms with E-state index >= 15 is 0 Å². The van der Waals surface area contributed by atoms with E-state index in [0.29, 0.717) is 22.0 Å². The lowest BCUT2D eigenvalue weighted by atomic mass is 10.2. The minimum Gasteiger partial charge on any atom is -0.299 e. The summed E-state index contributed by atoms with van der Waals surface area (Å²) in [6.07, 6.45) is 7.20. The van der Waals surface area contributed by atoms with Crippen LogP contribution in [0.25, 0.3) is 22.3 Å². The fraction of sp³-hybridized carbons (Fsp3) is 0.167. The van der Waals surface area contributed by atoms with Crippen LogP contribution in [-0.2, 0) is 0 Å². The van der Waals surface area contributed by atoms with Crippen LogP contribution in [-0.4, -0.2) is 29.7 Å². The molecule has 3 aromatic heterocycles. The summed E-state index contributed by atoms with van der Waals surface area (Å²) in [6, 6.07) is 8.75.